The van der Waals surface area contributed by atoms with Crippen molar-refractivity contribution in [3.8, 4) is 0 Å². The predicted octanol–water partition coefficient (Wildman–Crippen LogP) is 3.35. The van der Waals surface area contributed by atoms with Crippen LogP contribution in [0.3, 0.4) is 0 Å². The number of aliphatic hydroxyl groups is 1. The molecule has 0 saturated carbocycles. The van der Waals surface area contributed by atoms with E-state index in [-0.39, 0.29) is 55.7 Å². The summed E-state index contributed by atoms with van der Waals surface area (Å²) in [6, 6.07) is 2.29. The Morgan fingerprint density at radius 1 is 1.26 bits per heavy atom. The molecule has 0 spiro atoms. The van der Waals surface area contributed by atoms with Crippen LogP contribution in [0.1, 0.15) is 44.7 Å². The van der Waals surface area contributed by atoms with Gasteiger partial charge in [-0.15, -0.1) is 0 Å². The monoisotopic (exact) mass is 383 g/mol. The summed E-state index contributed by atoms with van der Waals surface area (Å²) in [6.07, 6.45) is -0.00371. The van der Waals surface area contributed by atoms with Crippen molar-refractivity contribution in [2.45, 2.75) is 70.2 Å². The average Bonchev–Trinajstić information content (AvgIpc) is 2.53. The molecule has 2 heterocycles. The minimum Gasteiger partial charge on any atom is -0.444 e. The van der Waals surface area contributed by atoms with Crippen LogP contribution >= 0.6 is 0 Å². The lowest BCUT2D eigenvalue weighted by molar-refractivity contribution is -0.137. The molecule has 27 heavy (non-hydrogen) atoms. The van der Waals surface area contributed by atoms with Gasteiger partial charge in [0, 0.05) is 6.42 Å². The molecule has 2 bridgehead atoms. The van der Waals surface area contributed by atoms with Crippen LogP contribution in [0.15, 0.2) is 12.1 Å². The van der Waals surface area contributed by atoms with E-state index in [2.05, 4.69) is 0 Å². The number of morpholine rings is 1. The molecule has 2 aliphatic rings. The van der Waals surface area contributed by atoms with Gasteiger partial charge >= 0.3 is 6.09 Å². The third kappa shape index (κ3) is 4.24. The van der Waals surface area contributed by atoms with Crippen molar-refractivity contribution in [3.05, 3.63) is 34.9 Å². The fraction of sp³-hybridized carbons (Fsp3) is 0.650. The van der Waals surface area contributed by atoms with Crippen LogP contribution in [-0.4, -0.2) is 52.6 Å². The van der Waals surface area contributed by atoms with Gasteiger partial charge in [0.05, 0.1) is 30.9 Å². The van der Waals surface area contributed by atoms with Gasteiger partial charge in [-0.25, -0.2) is 13.6 Å². The van der Waals surface area contributed by atoms with E-state index in [1.54, 1.807) is 25.7 Å². The van der Waals surface area contributed by atoms with Gasteiger partial charge < -0.3 is 14.6 Å². The van der Waals surface area contributed by atoms with Crippen molar-refractivity contribution in [2.75, 3.05) is 13.2 Å². The van der Waals surface area contributed by atoms with Crippen LogP contribution in [0.4, 0.5) is 13.6 Å². The topological polar surface area (TPSA) is 59.0 Å². The highest BCUT2D eigenvalue weighted by Gasteiger charge is 2.49. The van der Waals surface area contributed by atoms with Gasteiger partial charge in [-0.1, -0.05) is 12.1 Å². The van der Waals surface area contributed by atoms with E-state index < -0.39 is 28.9 Å². The molecule has 2 unspecified atom stereocenters. The molecule has 7 heteroatoms. The third-order valence-electron chi connectivity index (χ3n) is 5.12. The van der Waals surface area contributed by atoms with Crippen molar-refractivity contribution < 1.29 is 28.2 Å². The van der Waals surface area contributed by atoms with E-state index in [0.29, 0.717) is 0 Å². The maximum absolute atomic E-state index is 14.3. The minimum atomic E-state index is -1.24. The smallest absolute Gasteiger partial charge is 0.410 e. The van der Waals surface area contributed by atoms with Crippen LogP contribution in [0, 0.1) is 18.6 Å². The van der Waals surface area contributed by atoms with E-state index in [4.69, 9.17) is 9.47 Å². The number of carbonyl (C=O) groups is 1. The number of piperidine rings is 1. The van der Waals surface area contributed by atoms with E-state index in [1.165, 1.54) is 19.1 Å². The van der Waals surface area contributed by atoms with Gasteiger partial charge in [-0.05, 0) is 51.7 Å². The van der Waals surface area contributed by atoms with Crippen molar-refractivity contribution in [1.29, 1.82) is 0 Å². The van der Waals surface area contributed by atoms with Crippen LogP contribution in [0.5, 0.6) is 0 Å². The minimum absolute atomic E-state index is 0.00874. The Hall–Kier alpha value is -1.73. The van der Waals surface area contributed by atoms with Crippen LogP contribution < -0.4 is 0 Å². The maximum atomic E-state index is 14.3. The molecular weight excluding hydrogens is 356 g/mol. The molecular formula is C20H27F2NO4. The summed E-state index contributed by atoms with van der Waals surface area (Å²) in [4.78, 5) is 14.2. The molecule has 2 fully saturated rings. The molecule has 5 nitrogen and oxygen atoms in total. The molecule has 1 amide bonds. The second-order valence-corrected chi connectivity index (χ2v) is 8.71. The Balaban J connectivity index is 1.79. The van der Waals surface area contributed by atoms with Gasteiger partial charge in [-0.3, -0.25) is 4.90 Å². The lowest BCUT2D eigenvalue weighted by atomic mass is 9.77. The first-order valence-corrected chi connectivity index (χ1v) is 9.24. The van der Waals surface area contributed by atoms with Crippen LogP contribution in [0.25, 0.3) is 0 Å². The fourth-order valence-corrected chi connectivity index (χ4v) is 4.01. The largest absolute Gasteiger partial charge is 0.444 e. The zero-order chi connectivity index (χ0) is 20.0. The summed E-state index contributed by atoms with van der Waals surface area (Å²) in [5.41, 5.74) is -1.48. The third-order valence-corrected chi connectivity index (χ3v) is 5.12. The van der Waals surface area contributed by atoms with E-state index in [9.17, 15) is 18.7 Å². The lowest BCUT2D eigenvalue weighted by Gasteiger charge is -2.51. The van der Waals surface area contributed by atoms with Crippen molar-refractivity contribution in [3.63, 3.8) is 0 Å². The number of carbonyl (C=O) groups excluding carboxylic acids is 1. The first kappa shape index (κ1) is 20.0. The van der Waals surface area contributed by atoms with Crippen molar-refractivity contribution in [2.24, 2.45) is 0 Å². The number of hydrogen-bond donors (Lipinski definition) is 1. The number of ether oxygens (including phenoxy) is 2. The van der Waals surface area contributed by atoms with Gasteiger partial charge in [0.25, 0.3) is 0 Å². The Morgan fingerprint density at radius 3 is 2.41 bits per heavy atom. The molecule has 1 aromatic rings. The highest BCUT2D eigenvalue weighted by Crippen LogP contribution is 2.38. The fourth-order valence-electron chi connectivity index (χ4n) is 4.01. The zero-order valence-corrected chi connectivity index (χ0v) is 16.2. The first-order chi connectivity index (χ1) is 12.5. The number of amides is 1. The number of aryl methyl sites for hydroxylation is 1. The lowest BCUT2D eigenvalue weighted by Crippen LogP contribution is -2.64. The number of fused-ring (bicyclic) bond motifs is 2. The summed E-state index contributed by atoms with van der Waals surface area (Å²) in [5.74, 6) is -1.80. The quantitative estimate of drug-likeness (QED) is 0.851. The molecule has 2 saturated heterocycles. The molecule has 2 aliphatic heterocycles. The summed E-state index contributed by atoms with van der Waals surface area (Å²) >= 11 is 0. The Labute approximate surface area is 158 Å². The summed E-state index contributed by atoms with van der Waals surface area (Å²) in [5, 5.41) is 11.1. The number of halogens is 2. The maximum Gasteiger partial charge on any atom is 0.410 e. The molecule has 1 aromatic carbocycles. The highest BCUT2D eigenvalue weighted by atomic mass is 19.2. The number of benzene rings is 1. The average molecular weight is 383 g/mol. The molecule has 0 radical (unpaired) electrons. The van der Waals surface area contributed by atoms with Crippen LogP contribution in [0.2, 0.25) is 0 Å². The molecule has 3 rings (SSSR count). The van der Waals surface area contributed by atoms with Gasteiger partial charge in [-0.2, -0.15) is 0 Å². The molecule has 2 atom stereocenters. The Bertz CT molecular complexity index is 717. The van der Waals surface area contributed by atoms with Crippen molar-refractivity contribution >= 4 is 6.09 Å². The number of rotatable bonds is 2. The van der Waals surface area contributed by atoms with E-state index in [0.717, 1.165) is 0 Å². The number of nitrogens with zero attached hydrogens (tertiary/aromatic N) is 1. The Morgan fingerprint density at radius 2 is 1.85 bits per heavy atom. The van der Waals surface area contributed by atoms with E-state index in [1.807, 2.05) is 0 Å². The normalized spacial score (nSPS) is 28.2. The zero-order valence-electron chi connectivity index (χ0n) is 16.2. The first-order valence-electron chi connectivity index (χ1n) is 9.24. The Kier molecular flexibility index (Phi) is 5.20. The standard InChI is InChI=1S/C20H27F2NO4/c1-12-5-6-13(17(22)16(12)21)7-20(25)8-14-10-26-11-15(9-20)23(14)18(24)27-19(2,3)4/h5-6,14-15,25H,7-11H2,1-4H3. The van der Waals surface area contributed by atoms with Gasteiger partial charge in [0.1, 0.15) is 5.60 Å². The van der Waals surface area contributed by atoms with Gasteiger partial charge in [0.2, 0.25) is 0 Å². The molecule has 0 aromatic heterocycles. The second-order valence-electron chi connectivity index (χ2n) is 8.71. The van der Waals surface area contributed by atoms with E-state index >= 15 is 0 Å². The molecule has 150 valence electrons. The molecule has 0 aliphatic carbocycles. The second kappa shape index (κ2) is 7.02. The van der Waals surface area contributed by atoms with Gasteiger partial charge in [0.15, 0.2) is 11.6 Å². The number of hydrogen-bond acceptors (Lipinski definition) is 4. The summed E-state index contributed by atoms with van der Waals surface area (Å²) in [7, 11) is 0. The highest BCUT2D eigenvalue weighted by molar-refractivity contribution is 5.69. The summed E-state index contributed by atoms with van der Waals surface area (Å²) < 4.78 is 39.2. The van der Waals surface area contributed by atoms with Crippen LogP contribution in [-0.2, 0) is 15.9 Å². The van der Waals surface area contributed by atoms with Crippen molar-refractivity contribution in [1.82, 2.24) is 4.90 Å². The predicted molar refractivity (Wildman–Crippen MR) is 95.5 cm³/mol. The summed E-state index contributed by atoms with van der Waals surface area (Å²) in [6.45, 7) is 7.45. The molecule has 1 N–H and O–H groups in total. The SMILES string of the molecule is Cc1ccc(CC2(O)CC3COCC(C2)N3C(=O)OC(C)(C)C)c(F)c1F.